The van der Waals surface area contributed by atoms with E-state index in [0.717, 1.165) is 10.2 Å². The summed E-state index contributed by atoms with van der Waals surface area (Å²) >= 11 is 3.30. The normalized spacial score (nSPS) is 9.80. The van der Waals surface area contributed by atoms with Crippen LogP contribution in [0.5, 0.6) is 0 Å². The molecule has 2 aromatic carbocycles. The number of nitrogens with zero attached hydrogens (tertiary/aromatic N) is 2. The molecule has 0 spiro atoms. The molecule has 0 fully saturated rings. The Kier molecular flexibility index (Phi) is 4.33. The Hall–Kier alpha value is -2.39. The van der Waals surface area contributed by atoms with Gasteiger partial charge in [-0.15, -0.1) is 0 Å². The van der Waals surface area contributed by atoms with E-state index in [4.69, 9.17) is 5.26 Å². The first-order valence-electron chi connectivity index (χ1n) is 5.77. The van der Waals surface area contributed by atoms with Gasteiger partial charge in [-0.3, -0.25) is 10.1 Å². The monoisotopic (exact) mass is 331 g/mol. The predicted octanol–water partition coefficient (Wildman–Crippen LogP) is 3.84. The number of hydrogen-bond donors (Lipinski definition) is 1. The standard InChI is InChI=1S/C14H10BrN3O2/c15-12-3-6-14(18(19)20)11(7-12)9-17-13-4-1-10(8-16)2-5-13/h1-7,17H,9H2. The summed E-state index contributed by atoms with van der Waals surface area (Å²) in [7, 11) is 0. The molecular weight excluding hydrogens is 322 g/mol. The molecule has 2 aromatic rings. The lowest BCUT2D eigenvalue weighted by Gasteiger charge is -2.07. The van der Waals surface area contributed by atoms with Crippen LogP contribution >= 0.6 is 15.9 Å². The van der Waals surface area contributed by atoms with Crippen molar-refractivity contribution in [1.29, 1.82) is 5.26 Å². The number of nitro benzene ring substituents is 1. The van der Waals surface area contributed by atoms with Gasteiger partial charge in [-0.05, 0) is 36.4 Å². The van der Waals surface area contributed by atoms with Crippen LogP contribution in [0.4, 0.5) is 11.4 Å². The van der Waals surface area contributed by atoms with Crippen LogP contribution in [0, 0.1) is 21.4 Å². The van der Waals surface area contributed by atoms with Gasteiger partial charge in [0.25, 0.3) is 5.69 Å². The quantitative estimate of drug-likeness (QED) is 0.681. The van der Waals surface area contributed by atoms with Crippen molar-refractivity contribution in [2.45, 2.75) is 6.54 Å². The SMILES string of the molecule is N#Cc1ccc(NCc2cc(Br)ccc2[N+](=O)[O-])cc1. The summed E-state index contributed by atoms with van der Waals surface area (Å²) in [6.45, 7) is 0.335. The maximum atomic E-state index is 11.0. The molecule has 20 heavy (non-hydrogen) atoms. The number of nitriles is 1. The number of benzene rings is 2. The maximum Gasteiger partial charge on any atom is 0.274 e. The molecule has 0 aliphatic rings. The third kappa shape index (κ3) is 3.33. The minimum atomic E-state index is -0.401. The number of halogens is 1. The zero-order valence-corrected chi connectivity index (χ0v) is 11.9. The Morgan fingerprint density at radius 1 is 1.25 bits per heavy atom. The van der Waals surface area contributed by atoms with Gasteiger partial charge in [-0.25, -0.2) is 0 Å². The van der Waals surface area contributed by atoms with E-state index in [9.17, 15) is 10.1 Å². The van der Waals surface area contributed by atoms with Crippen LogP contribution in [0.15, 0.2) is 46.9 Å². The van der Waals surface area contributed by atoms with Crippen LogP contribution < -0.4 is 5.32 Å². The summed E-state index contributed by atoms with van der Waals surface area (Å²) in [6.07, 6.45) is 0. The highest BCUT2D eigenvalue weighted by atomic mass is 79.9. The van der Waals surface area contributed by atoms with Crippen LogP contribution in [0.3, 0.4) is 0 Å². The van der Waals surface area contributed by atoms with E-state index in [1.807, 2.05) is 6.07 Å². The van der Waals surface area contributed by atoms with Gasteiger partial charge in [-0.2, -0.15) is 5.26 Å². The minimum Gasteiger partial charge on any atom is -0.381 e. The van der Waals surface area contributed by atoms with Crippen LogP contribution in [-0.2, 0) is 6.54 Å². The lowest BCUT2D eigenvalue weighted by atomic mass is 10.1. The second kappa shape index (κ2) is 6.17. The zero-order chi connectivity index (χ0) is 14.5. The predicted molar refractivity (Wildman–Crippen MR) is 79.3 cm³/mol. The molecular formula is C14H10BrN3O2. The Balaban J connectivity index is 2.15. The summed E-state index contributed by atoms with van der Waals surface area (Å²) in [6, 6.07) is 13.8. The molecule has 0 aromatic heterocycles. The lowest BCUT2D eigenvalue weighted by Crippen LogP contribution is -2.03. The van der Waals surface area contributed by atoms with Gasteiger partial charge >= 0.3 is 0 Å². The smallest absolute Gasteiger partial charge is 0.274 e. The second-order valence-electron chi connectivity index (χ2n) is 4.07. The lowest BCUT2D eigenvalue weighted by molar-refractivity contribution is -0.385. The summed E-state index contributed by atoms with van der Waals surface area (Å²) in [5.41, 5.74) is 2.05. The summed E-state index contributed by atoms with van der Waals surface area (Å²) in [5.74, 6) is 0. The van der Waals surface area contributed by atoms with Crippen molar-refractivity contribution in [1.82, 2.24) is 0 Å². The van der Waals surface area contributed by atoms with E-state index in [-0.39, 0.29) is 5.69 Å². The molecule has 0 saturated heterocycles. The third-order valence-corrected chi connectivity index (χ3v) is 3.23. The zero-order valence-electron chi connectivity index (χ0n) is 10.3. The molecule has 0 bridgehead atoms. The average Bonchev–Trinajstić information content (AvgIpc) is 2.45. The van der Waals surface area contributed by atoms with Crippen molar-refractivity contribution in [2.24, 2.45) is 0 Å². The molecule has 0 atom stereocenters. The number of nitro groups is 1. The van der Waals surface area contributed by atoms with Gasteiger partial charge in [0, 0.05) is 28.3 Å². The van der Waals surface area contributed by atoms with E-state index >= 15 is 0 Å². The van der Waals surface area contributed by atoms with Gasteiger partial charge in [-0.1, -0.05) is 15.9 Å². The Labute approximate surface area is 124 Å². The molecule has 0 aliphatic heterocycles. The number of nitrogens with one attached hydrogen (secondary N) is 1. The second-order valence-corrected chi connectivity index (χ2v) is 4.99. The summed E-state index contributed by atoms with van der Waals surface area (Å²) in [4.78, 5) is 10.6. The molecule has 0 amide bonds. The van der Waals surface area contributed by atoms with Crippen LogP contribution in [0.2, 0.25) is 0 Å². The first-order chi connectivity index (χ1) is 9.60. The van der Waals surface area contributed by atoms with Gasteiger partial charge in [0.15, 0.2) is 0 Å². The fourth-order valence-corrected chi connectivity index (χ4v) is 2.14. The van der Waals surface area contributed by atoms with Gasteiger partial charge in [0.05, 0.1) is 16.6 Å². The molecule has 2 rings (SSSR count). The fraction of sp³-hybridized carbons (Fsp3) is 0.0714. The average molecular weight is 332 g/mol. The summed E-state index contributed by atoms with van der Waals surface area (Å²) < 4.78 is 0.791. The number of hydrogen-bond acceptors (Lipinski definition) is 4. The highest BCUT2D eigenvalue weighted by molar-refractivity contribution is 9.10. The van der Waals surface area contributed by atoms with Gasteiger partial charge < -0.3 is 5.32 Å². The fourth-order valence-electron chi connectivity index (χ4n) is 1.73. The first-order valence-corrected chi connectivity index (χ1v) is 6.56. The molecule has 5 nitrogen and oxygen atoms in total. The number of rotatable bonds is 4. The van der Waals surface area contributed by atoms with E-state index in [0.29, 0.717) is 17.7 Å². The van der Waals surface area contributed by atoms with E-state index < -0.39 is 4.92 Å². The largest absolute Gasteiger partial charge is 0.381 e. The maximum absolute atomic E-state index is 11.0. The van der Waals surface area contributed by atoms with Crippen LogP contribution in [0.1, 0.15) is 11.1 Å². The molecule has 0 saturated carbocycles. The molecule has 0 radical (unpaired) electrons. The van der Waals surface area contributed by atoms with Crippen LogP contribution in [-0.4, -0.2) is 4.92 Å². The van der Waals surface area contributed by atoms with Crippen molar-refractivity contribution < 1.29 is 4.92 Å². The van der Waals surface area contributed by atoms with Gasteiger partial charge in [0.1, 0.15) is 0 Å². The Morgan fingerprint density at radius 2 is 1.95 bits per heavy atom. The molecule has 100 valence electrons. The number of anilines is 1. The Bertz CT molecular complexity index is 678. The van der Waals surface area contributed by atoms with E-state index in [1.54, 1.807) is 36.4 Å². The molecule has 1 N–H and O–H groups in total. The molecule has 6 heteroatoms. The van der Waals surface area contributed by atoms with Crippen molar-refractivity contribution in [3.8, 4) is 6.07 Å². The highest BCUT2D eigenvalue weighted by Gasteiger charge is 2.13. The molecule has 0 aliphatic carbocycles. The highest BCUT2D eigenvalue weighted by Crippen LogP contribution is 2.24. The van der Waals surface area contributed by atoms with E-state index in [1.165, 1.54) is 6.07 Å². The van der Waals surface area contributed by atoms with Crippen molar-refractivity contribution >= 4 is 27.3 Å². The van der Waals surface area contributed by atoms with Crippen molar-refractivity contribution in [3.63, 3.8) is 0 Å². The molecule has 0 heterocycles. The van der Waals surface area contributed by atoms with E-state index in [2.05, 4.69) is 21.2 Å². The van der Waals surface area contributed by atoms with Crippen LogP contribution in [0.25, 0.3) is 0 Å². The summed E-state index contributed by atoms with van der Waals surface area (Å²) in [5, 5.41) is 22.8. The first kappa shape index (κ1) is 14.0. The van der Waals surface area contributed by atoms with Crippen molar-refractivity contribution in [3.05, 3.63) is 68.2 Å². The Morgan fingerprint density at radius 3 is 2.55 bits per heavy atom. The third-order valence-electron chi connectivity index (χ3n) is 2.74. The molecule has 0 unspecified atom stereocenters. The topological polar surface area (TPSA) is 79.0 Å². The van der Waals surface area contributed by atoms with Crippen molar-refractivity contribution in [2.75, 3.05) is 5.32 Å². The minimum absolute atomic E-state index is 0.0781. The van der Waals surface area contributed by atoms with Gasteiger partial charge in [0.2, 0.25) is 0 Å².